The van der Waals surface area contributed by atoms with Crippen LogP contribution in [0.1, 0.15) is 48.1 Å². The minimum absolute atomic E-state index is 0.140. The summed E-state index contributed by atoms with van der Waals surface area (Å²) in [4.78, 5) is 25.5. The third-order valence-corrected chi connectivity index (χ3v) is 6.46. The summed E-state index contributed by atoms with van der Waals surface area (Å²) in [5.41, 5.74) is 2.27. The molecular weight excluding hydrogens is 482 g/mol. The number of carbonyl (C=O) groups excluding carboxylic acids is 2. The van der Waals surface area contributed by atoms with Crippen molar-refractivity contribution in [3.63, 3.8) is 0 Å². The highest BCUT2D eigenvalue weighted by Gasteiger charge is 2.25. The molecule has 0 saturated heterocycles. The third-order valence-electron chi connectivity index (χ3n) is 5.17. The number of hydrogen-bond acceptors (Lipinski definition) is 5. The highest BCUT2D eigenvalue weighted by Crippen LogP contribution is 2.26. The molecule has 3 rings (SSSR count). The number of amides is 2. The van der Waals surface area contributed by atoms with E-state index in [0.29, 0.717) is 34.5 Å². The lowest BCUT2D eigenvalue weighted by Gasteiger charge is -2.21. The number of thioether (sulfide) groups is 1. The molecular formula is C26H30ClN5O2S. The molecule has 0 fully saturated rings. The van der Waals surface area contributed by atoms with Crippen molar-refractivity contribution in [2.45, 2.75) is 44.9 Å². The van der Waals surface area contributed by atoms with Gasteiger partial charge < -0.3 is 15.2 Å². The van der Waals surface area contributed by atoms with Gasteiger partial charge in [0.05, 0.1) is 22.4 Å². The molecule has 1 atom stereocenters. The lowest BCUT2D eigenvalue weighted by atomic mass is 10.0. The summed E-state index contributed by atoms with van der Waals surface area (Å²) in [5, 5.41) is 15.6. The van der Waals surface area contributed by atoms with Gasteiger partial charge in [-0.2, -0.15) is 0 Å². The normalized spacial score (nSPS) is 11.8. The number of hydrogen-bond donors (Lipinski definition) is 2. The Morgan fingerprint density at radius 2 is 1.86 bits per heavy atom. The molecule has 2 aromatic carbocycles. The van der Waals surface area contributed by atoms with Crippen molar-refractivity contribution in [3.8, 4) is 0 Å². The third kappa shape index (κ3) is 7.44. The van der Waals surface area contributed by atoms with Crippen LogP contribution in [0.15, 0.2) is 66.3 Å². The van der Waals surface area contributed by atoms with Crippen molar-refractivity contribution in [2.24, 2.45) is 5.92 Å². The van der Waals surface area contributed by atoms with Crippen molar-refractivity contribution < 1.29 is 9.59 Å². The number of carbonyl (C=O) groups is 2. The number of allylic oxidation sites excluding steroid dienone is 1. The highest BCUT2D eigenvalue weighted by atomic mass is 35.5. The molecule has 2 amide bonds. The molecule has 7 nitrogen and oxygen atoms in total. The Morgan fingerprint density at radius 3 is 2.51 bits per heavy atom. The Morgan fingerprint density at radius 1 is 1.14 bits per heavy atom. The fourth-order valence-electron chi connectivity index (χ4n) is 3.51. The number of nitrogens with zero attached hydrogens (tertiary/aromatic N) is 3. The maximum Gasteiger partial charge on any atom is 0.253 e. The SMILES string of the molecule is C=CCn1c(SCC(=O)Nc2ccc(C)cc2)nnc1[C@H](CC(C)C)NC(=O)c1ccccc1Cl. The summed E-state index contributed by atoms with van der Waals surface area (Å²) in [7, 11) is 0. The van der Waals surface area contributed by atoms with Gasteiger partial charge in [-0.1, -0.05) is 73.1 Å². The lowest BCUT2D eigenvalue weighted by molar-refractivity contribution is -0.113. The van der Waals surface area contributed by atoms with Crippen LogP contribution in [0, 0.1) is 12.8 Å². The summed E-state index contributed by atoms with van der Waals surface area (Å²) < 4.78 is 1.89. The zero-order valence-electron chi connectivity index (χ0n) is 20.1. The summed E-state index contributed by atoms with van der Waals surface area (Å²) in [6, 6.07) is 14.2. The van der Waals surface area contributed by atoms with Crippen LogP contribution in [0.2, 0.25) is 5.02 Å². The summed E-state index contributed by atoms with van der Waals surface area (Å²) in [5.74, 6) is 0.655. The van der Waals surface area contributed by atoms with Crippen LogP contribution >= 0.6 is 23.4 Å². The molecule has 3 aromatic rings. The van der Waals surface area contributed by atoms with E-state index in [9.17, 15) is 9.59 Å². The van der Waals surface area contributed by atoms with E-state index in [1.54, 1.807) is 30.3 Å². The van der Waals surface area contributed by atoms with E-state index >= 15 is 0 Å². The molecule has 0 aliphatic heterocycles. The van der Waals surface area contributed by atoms with Crippen molar-refractivity contribution in [3.05, 3.63) is 83.2 Å². The fraction of sp³-hybridized carbons (Fsp3) is 0.308. The maximum absolute atomic E-state index is 13.0. The second kappa shape index (κ2) is 12.6. The van der Waals surface area contributed by atoms with Crippen LogP contribution < -0.4 is 10.6 Å². The minimum atomic E-state index is -0.387. The van der Waals surface area contributed by atoms with Crippen LogP contribution in [-0.4, -0.2) is 32.3 Å². The van der Waals surface area contributed by atoms with E-state index in [2.05, 4.69) is 41.3 Å². The summed E-state index contributed by atoms with van der Waals surface area (Å²) in [6.07, 6.45) is 2.40. The molecule has 2 N–H and O–H groups in total. The second-order valence-corrected chi connectivity index (χ2v) is 9.93. The first-order valence-corrected chi connectivity index (χ1v) is 12.7. The van der Waals surface area contributed by atoms with Gasteiger partial charge in [0.15, 0.2) is 11.0 Å². The van der Waals surface area contributed by atoms with E-state index in [0.717, 1.165) is 11.3 Å². The monoisotopic (exact) mass is 511 g/mol. The van der Waals surface area contributed by atoms with E-state index in [4.69, 9.17) is 11.6 Å². The van der Waals surface area contributed by atoms with E-state index in [1.165, 1.54) is 11.8 Å². The van der Waals surface area contributed by atoms with E-state index in [-0.39, 0.29) is 29.5 Å². The van der Waals surface area contributed by atoms with Gasteiger partial charge in [-0.3, -0.25) is 9.59 Å². The van der Waals surface area contributed by atoms with Gasteiger partial charge in [0.25, 0.3) is 5.91 Å². The Balaban J connectivity index is 1.77. The van der Waals surface area contributed by atoms with Gasteiger partial charge in [-0.05, 0) is 43.5 Å². The van der Waals surface area contributed by atoms with Gasteiger partial charge in [0.1, 0.15) is 0 Å². The maximum atomic E-state index is 13.0. The molecule has 9 heteroatoms. The molecule has 1 heterocycles. The van der Waals surface area contributed by atoms with Crippen LogP contribution in [0.4, 0.5) is 5.69 Å². The largest absolute Gasteiger partial charge is 0.342 e. The molecule has 0 radical (unpaired) electrons. The first-order valence-electron chi connectivity index (χ1n) is 11.4. The van der Waals surface area contributed by atoms with E-state index in [1.807, 2.05) is 35.8 Å². The quantitative estimate of drug-likeness (QED) is 0.255. The molecule has 0 aliphatic carbocycles. The van der Waals surface area contributed by atoms with Crippen LogP contribution in [0.25, 0.3) is 0 Å². The predicted octanol–water partition coefficient (Wildman–Crippen LogP) is 5.67. The fourth-order valence-corrected chi connectivity index (χ4v) is 4.49. The zero-order chi connectivity index (χ0) is 25.4. The van der Waals surface area contributed by atoms with Gasteiger partial charge in [-0.15, -0.1) is 16.8 Å². The molecule has 1 aromatic heterocycles. The van der Waals surface area contributed by atoms with Gasteiger partial charge >= 0.3 is 0 Å². The van der Waals surface area contributed by atoms with Crippen LogP contribution in [0.5, 0.6) is 0 Å². The van der Waals surface area contributed by atoms with Crippen molar-refractivity contribution in [1.29, 1.82) is 0 Å². The number of halogens is 1. The Labute approximate surface area is 215 Å². The van der Waals surface area contributed by atoms with Crippen LogP contribution in [-0.2, 0) is 11.3 Å². The first-order chi connectivity index (χ1) is 16.8. The van der Waals surface area contributed by atoms with Crippen LogP contribution in [0.3, 0.4) is 0 Å². The molecule has 35 heavy (non-hydrogen) atoms. The predicted molar refractivity (Wildman–Crippen MR) is 142 cm³/mol. The number of aromatic nitrogens is 3. The lowest BCUT2D eigenvalue weighted by Crippen LogP contribution is -2.32. The highest BCUT2D eigenvalue weighted by molar-refractivity contribution is 7.99. The number of nitrogens with one attached hydrogen (secondary N) is 2. The molecule has 0 bridgehead atoms. The standard InChI is InChI=1S/C26H30ClN5O2S/c1-5-14-32-24(22(15-17(2)3)29-25(34)20-8-6-7-9-21(20)27)30-31-26(32)35-16-23(33)28-19-12-10-18(4)11-13-19/h5-13,17,22H,1,14-16H2,2-4H3,(H,28,33)(H,29,34)/t22-/m0/s1. The molecule has 0 saturated carbocycles. The Kier molecular flexibility index (Phi) is 9.51. The molecule has 0 spiro atoms. The number of anilines is 1. The Hall–Kier alpha value is -3.10. The number of aryl methyl sites for hydroxylation is 1. The topological polar surface area (TPSA) is 88.9 Å². The first kappa shape index (κ1) is 26.5. The van der Waals surface area contributed by atoms with Gasteiger partial charge in [0, 0.05) is 12.2 Å². The summed E-state index contributed by atoms with van der Waals surface area (Å²) in [6.45, 7) is 10.4. The number of rotatable bonds is 11. The second-order valence-electron chi connectivity index (χ2n) is 8.58. The van der Waals surface area contributed by atoms with Crippen molar-refractivity contribution >= 4 is 40.9 Å². The average Bonchev–Trinajstić information content (AvgIpc) is 3.21. The van der Waals surface area contributed by atoms with Crippen molar-refractivity contribution in [1.82, 2.24) is 20.1 Å². The molecule has 0 unspecified atom stereocenters. The van der Waals surface area contributed by atoms with E-state index < -0.39 is 0 Å². The number of benzene rings is 2. The average molecular weight is 512 g/mol. The molecule has 184 valence electrons. The van der Waals surface area contributed by atoms with Crippen molar-refractivity contribution in [2.75, 3.05) is 11.1 Å². The molecule has 0 aliphatic rings. The minimum Gasteiger partial charge on any atom is -0.342 e. The van der Waals surface area contributed by atoms with Gasteiger partial charge in [-0.25, -0.2) is 0 Å². The smallest absolute Gasteiger partial charge is 0.253 e. The Bertz CT molecular complexity index is 1180. The zero-order valence-corrected chi connectivity index (χ0v) is 21.7. The van der Waals surface area contributed by atoms with Gasteiger partial charge in [0.2, 0.25) is 5.91 Å². The summed E-state index contributed by atoms with van der Waals surface area (Å²) >= 11 is 7.52.